The molecule has 0 aliphatic heterocycles. The van der Waals surface area contributed by atoms with Crippen LogP contribution in [-0.2, 0) is 11.0 Å². The molecule has 7 nitrogen and oxygen atoms in total. The highest BCUT2D eigenvalue weighted by atomic mass is 19.4. The van der Waals surface area contributed by atoms with Gasteiger partial charge in [-0.2, -0.15) is 18.3 Å². The number of carbonyl (C=O) groups excluding carboxylic acids is 2. The van der Waals surface area contributed by atoms with Crippen LogP contribution in [0, 0.1) is 11.8 Å². The van der Waals surface area contributed by atoms with E-state index in [-0.39, 0.29) is 30.8 Å². The highest BCUT2D eigenvalue weighted by molar-refractivity contribution is 5.95. The maximum absolute atomic E-state index is 13.5. The van der Waals surface area contributed by atoms with Crippen LogP contribution in [0.3, 0.4) is 0 Å². The minimum absolute atomic E-state index is 0.0273. The number of para-hydroxylation sites is 1. The van der Waals surface area contributed by atoms with Crippen LogP contribution in [0.1, 0.15) is 53.4 Å². The van der Waals surface area contributed by atoms with E-state index in [1.54, 1.807) is 30.3 Å². The van der Waals surface area contributed by atoms with Crippen molar-refractivity contribution in [2.24, 2.45) is 11.8 Å². The van der Waals surface area contributed by atoms with E-state index in [2.05, 4.69) is 15.7 Å². The molecule has 1 unspecified atom stereocenters. The van der Waals surface area contributed by atoms with E-state index in [0.717, 1.165) is 29.3 Å². The molecule has 196 valence electrons. The van der Waals surface area contributed by atoms with Crippen molar-refractivity contribution in [2.75, 3.05) is 13.1 Å². The molecule has 0 saturated heterocycles. The molecule has 10 heteroatoms. The molecule has 1 aliphatic carbocycles. The third-order valence-electron chi connectivity index (χ3n) is 6.69. The summed E-state index contributed by atoms with van der Waals surface area (Å²) in [4.78, 5) is 25.1. The van der Waals surface area contributed by atoms with Gasteiger partial charge >= 0.3 is 6.18 Å². The highest BCUT2D eigenvalue weighted by Gasteiger charge is 2.39. The first-order chi connectivity index (χ1) is 17.7. The van der Waals surface area contributed by atoms with Gasteiger partial charge in [-0.25, -0.2) is 4.68 Å². The van der Waals surface area contributed by atoms with Gasteiger partial charge in [0.25, 0.3) is 5.91 Å². The number of alkyl halides is 3. The summed E-state index contributed by atoms with van der Waals surface area (Å²) in [5.74, 6) is -1.19. The predicted molar refractivity (Wildman–Crippen MR) is 131 cm³/mol. The molecule has 2 aromatic carbocycles. The molecule has 0 radical (unpaired) electrons. The number of halogens is 3. The summed E-state index contributed by atoms with van der Waals surface area (Å²) in [5.41, 5.74) is -0.593. The summed E-state index contributed by atoms with van der Waals surface area (Å²) in [6, 6.07) is 17.7. The van der Waals surface area contributed by atoms with E-state index < -0.39 is 29.4 Å². The Kier molecular flexibility index (Phi) is 8.27. The lowest BCUT2D eigenvalue weighted by atomic mass is 9.77. The minimum atomic E-state index is -4.80. The second kappa shape index (κ2) is 11.6. The van der Waals surface area contributed by atoms with Crippen LogP contribution < -0.4 is 10.6 Å². The molecule has 1 atom stereocenters. The smallest absolute Gasteiger partial charge is 0.388 e. The number of rotatable bonds is 8. The molecule has 4 rings (SSSR count). The van der Waals surface area contributed by atoms with Crippen molar-refractivity contribution in [3.8, 4) is 5.69 Å². The number of benzene rings is 2. The average Bonchev–Trinajstić information content (AvgIpc) is 3.38. The fourth-order valence-electron chi connectivity index (χ4n) is 4.68. The summed E-state index contributed by atoms with van der Waals surface area (Å²) in [6.07, 6.45) is -1.59. The first kappa shape index (κ1) is 26.4. The van der Waals surface area contributed by atoms with E-state index in [4.69, 9.17) is 0 Å². The van der Waals surface area contributed by atoms with Gasteiger partial charge in [-0.15, -0.1) is 0 Å². The van der Waals surface area contributed by atoms with Crippen molar-refractivity contribution in [3.05, 3.63) is 83.7 Å². The monoisotopic (exact) mass is 514 g/mol. The fourth-order valence-corrected chi connectivity index (χ4v) is 4.68. The van der Waals surface area contributed by atoms with E-state index >= 15 is 0 Å². The third-order valence-corrected chi connectivity index (χ3v) is 6.69. The second-order valence-electron chi connectivity index (χ2n) is 9.18. The zero-order valence-corrected chi connectivity index (χ0v) is 20.1. The molecule has 1 heterocycles. The van der Waals surface area contributed by atoms with Crippen molar-refractivity contribution in [3.63, 3.8) is 0 Å². The molecule has 1 aromatic heterocycles. The third kappa shape index (κ3) is 6.56. The molecule has 37 heavy (non-hydrogen) atoms. The van der Waals surface area contributed by atoms with E-state index in [1.807, 2.05) is 30.3 Å². The molecule has 0 spiro atoms. The Hall–Kier alpha value is -3.66. The van der Waals surface area contributed by atoms with Gasteiger partial charge in [-0.05, 0) is 49.3 Å². The molecular formula is C27H29F3N4O3. The molecule has 1 aliphatic rings. The summed E-state index contributed by atoms with van der Waals surface area (Å²) in [5, 5.41) is 19.4. The Balaban J connectivity index is 1.25. The fraction of sp³-hybridized carbons (Fsp3) is 0.370. The van der Waals surface area contributed by atoms with E-state index in [9.17, 15) is 27.9 Å². The Morgan fingerprint density at radius 1 is 0.946 bits per heavy atom. The normalized spacial score (nSPS) is 18.7. The SMILES string of the molecule is O=C(NCCNC(=O)C1CCC(C(O)c2ccccc2)CC1)c1cn(-c2ccccc2)nc1C(F)(F)F. The molecule has 3 N–H and O–H groups in total. The van der Waals surface area contributed by atoms with E-state index in [0.29, 0.717) is 18.5 Å². The molecule has 1 saturated carbocycles. The Labute approximate surface area is 212 Å². The molecular weight excluding hydrogens is 485 g/mol. The number of aliphatic hydroxyl groups excluding tert-OH is 1. The highest BCUT2D eigenvalue weighted by Crippen LogP contribution is 2.37. The molecule has 0 bridgehead atoms. The number of aromatic nitrogens is 2. The summed E-state index contributed by atoms with van der Waals surface area (Å²) in [7, 11) is 0. The van der Waals surface area contributed by atoms with E-state index in [1.165, 1.54) is 0 Å². The number of nitrogens with one attached hydrogen (secondary N) is 2. The first-order valence-corrected chi connectivity index (χ1v) is 12.2. The maximum atomic E-state index is 13.5. The van der Waals surface area contributed by atoms with Crippen molar-refractivity contribution in [2.45, 2.75) is 38.0 Å². The number of nitrogens with zero attached hydrogens (tertiary/aromatic N) is 2. The topological polar surface area (TPSA) is 96.3 Å². The van der Waals surface area contributed by atoms with Crippen molar-refractivity contribution < 1.29 is 27.9 Å². The molecule has 3 aromatic rings. The van der Waals surface area contributed by atoms with Crippen LogP contribution in [0.15, 0.2) is 66.9 Å². The second-order valence-corrected chi connectivity index (χ2v) is 9.18. The lowest BCUT2D eigenvalue weighted by molar-refractivity contribution is -0.141. The van der Waals surface area contributed by atoms with Gasteiger partial charge in [0.05, 0.1) is 17.4 Å². The number of amides is 2. The van der Waals surface area contributed by atoms with Gasteiger partial charge in [0, 0.05) is 25.2 Å². The molecule has 2 amide bonds. The average molecular weight is 515 g/mol. The zero-order valence-electron chi connectivity index (χ0n) is 20.1. The first-order valence-electron chi connectivity index (χ1n) is 12.2. The number of hydrogen-bond donors (Lipinski definition) is 3. The number of aliphatic hydroxyl groups is 1. The lowest BCUT2D eigenvalue weighted by Crippen LogP contribution is -2.39. The van der Waals surface area contributed by atoms with Gasteiger partial charge in [0.15, 0.2) is 5.69 Å². The van der Waals surface area contributed by atoms with Gasteiger partial charge in [0.2, 0.25) is 5.91 Å². The summed E-state index contributed by atoms with van der Waals surface area (Å²) in [6.45, 7) is 0.0613. The predicted octanol–water partition coefficient (Wildman–Crippen LogP) is 4.28. The van der Waals surface area contributed by atoms with Crippen LogP contribution in [0.25, 0.3) is 5.69 Å². The zero-order chi connectivity index (χ0) is 26.4. The van der Waals surface area contributed by atoms with Gasteiger partial charge in [-0.1, -0.05) is 48.5 Å². The number of carbonyl (C=O) groups is 2. The van der Waals surface area contributed by atoms with Crippen molar-refractivity contribution in [1.29, 1.82) is 0 Å². The number of hydrogen-bond acceptors (Lipinski definition) is 4. The summed E-state index contributed by atoms with van der Waals surface area (Å²) < 4.78 is 41.5. The quantitative estimate of drug-likeness (QED) is 0.391. The minimum Gasteiger partial charge on any atom is -0.388 e. The Bertz CT molecular complexity index is 1190. The largest absolute Gasteiger partial charge is 0.435 e. The van der Waals surface area contributed by atoms with Crippen molar-refractivity contribution in [1.82, 2.24) is 20.4 Å². The van der Waals surface area contributed by atoms with Crippen LogP contribution in [0.5, 0.6) is 0 Å². The standard InChI is InChI=1S/C27H29F3N4O3/c28-27(29,30)24-22(17-34(33-24)21-9-5-2-6-10-21)26(37)32-16-15-31-25(36)20-13-11-19(12-14-20)23(35)18-7-3-1-4-8-18/h1-10,17,19-20,23,35H,11-16H2,(H,31,36)(H,32,37). The Morgan fingerprint density at radius 3 is 2.16 bits per heavy atom. The van der Waals surface area contributed by atoms with Gasteiger partial charge in [0.1, 0.15) is 0 Å². The van der Waals surface area contributed by atoms with Gasteiger partial charge in [-0.3, -0.25) is 9.59 Å². The van der Waals surface area contributed by atoms with Crippen LogP contribution >= 0.6 is 0 Å². The van der Waals surface area contributed by atoms with Crippen LogP contribution in [0.2, 0.25) is 0 Å². The summed E-state index contributed by atoms with van der Waals surface area (Å²) >= 11 is 0. The van der Waals surface area contributed by atoms with Crippen LogP contribution in [-0.4, -0.2) is 39.8 Å². The van der Waals surface area contributed by atoms with Crippen LogP contribution in [0.4, 0.5) is 13.2 Å². The maximum Gasteiger partial charge on any atom is 0.435 e. The molecule has 1 fully saturated rings. The Morgan fingerprint density at radius 2 is 1.54 bits per heavy atom. The van der Waals surface area contributed by atoms with Crippen molar-refractivity contribution >= 4 is 11.8 Å². The van der Waals surface area contributed by atoms with Gasteiger partial charge < -0.3 is 15.7 Å². The lowest BCUT2D eigenvalue weighted by Gasteiger charge is -2.31.